The van der Waals surface area contributed by atoms with Crippen LogP contribution in [0.25, 0.3) is 0 Å². The van der Waals surface area contributed by atoms with Gasteiger partial charge in [-0.15, -0.1) is 0 Å². The van der Waals surface area contributed by atoms with Crippen LogP contribution in [0.2, 0.25) is 0 Å². The zero-order valence-electron chi connectivity index (χ0n) is 15.7. The van der Waals surface area contributed by atoms with Crippen molar-refractivity contribution in [2.45, 2.75) is 44.8 Å². The molecule has 0 aliphatic carbocycles. The van der Waals surface area contributed by atoms with Crippen molar-refractivity contribution in [1.29, 1.82) is 0 Å². The molecule has 1 aromatic carbocycles. The van der Waals surface area contributed by atoms with Gasteiger partial charge in [0, 0.05) is 43.3 Å². The molecule has 1 saturated heterocycles. The Balaban J connectivity index is 1.43. The maximum absolute atomic E-state index is 12.8. The van der Waals surface area contributed by atoms with E-state index < -0.39 is 11.9 Å². The fourth-order valence-corrected chi connectivity index (χ4v) is 4.10. The summed E-state index contributed by atoms with van der Waals surface area (Å²) < 4.78 is 3.01. The summed E-state index contributed by atoms with van der Waals surface area (Å²) in [6, 6.07) is 4.89. The molecule has 0 radical (unpaired) electrons. The molecule has 3 amide bonds. The summed E-state index contributed by atoms with van der Waals surface area (Å²) in [5, 5.41) is 6.58. The van der Waals surface area contributed by atoms with Crippen molar-refractivity contribution in [2.24, 2.45) is 0 Å². The van der Waals surface area contributed by atoms with Gasteiger partial charge in [0.1, 0.15) is 6.04 Å². The highest BCUT2D eigenvalue weighted by atomic mass is 127. The Labute approximate surface area is 182 Å². The van der Waals surface area contributed by atoms with Gasteiger partial charge in [0.15, 0.2) is 0 Å². The largest absolute Gasteiger partial charge is 0.322 e. The lowest BCUT2D eigenvalue weighted by Gasteiger charge is -2.29. The Morgan fingerprint density at radius 2 is 2.14 bits per heavy atom. The van der Waals surface area contributed by atoms with E-state index in [0.717, 1.165) is 34.1 Å². The van der Waals surface area contributed by atoms with Gasteiger partial charge in [-0.05, 0) is 53.1 Å². The second-order valence-electron chi connectivity index (χ2n) is 7.06. The molecule has 4 rings (SSSR count). The molecule has 1 fully saturated rings. The average Bonchev–Trinajstić information content (AvgIpc) is 3.25. The molecule has 2 aromatic rings. The third kappa shape index (κ3) is 4.19. The molecule has 1 aromatic heterocycles. The maximum atomic E-state index is 12.8. The number of aryl methyl sites for hydroxylation is 1. The number of nitrogens with zero attached hydrogens (tertiary/aromatic N) is 3. The third-order valence-corrected chi connectivity index (χ3v) is 5.65. The predicted molar refractivity (Wildman–Crippen MR) is 114 cm³/mol. The number of carbonyl (C=O) groups excluding carboxylic acids is 3. The van der Waals surface area contributed by atoms with Gasteiger partial charge in [0.25, 0.3) is 5.91 Å². The lowest BCUT2D eigenvalue weighted by molar-refractivity contribution is -0.136. The number of aromatic nitrogens is 2. The SMILES string of the molecule is O=C1CCC(N2Cc3c(C#CCCCn4cc(I)cn4)cccc3C2=O)C(=O)N1. The molecule has 1 unspecified atom stereocenters. The number of nitrogens with one attached hydrogen (secondary N) is 1. The predicted octanol–water partition coefficient (Wildman–Crippen LogP) is 2.08. The number of hydrogen-bond donors (Lipinski definition) is 1. The number of piperidine rings is 1. The summed E-state index contributed by atoms with van der Waals surface area (Å²) in [5.74, 6) is 5.51. The van der Waals surface area contributed by atoms with Crippen molar-refractivity contribution >= 4 is 40.3 Å². The van der Waals surface area contributed by atoms with Crippen LogP contribution in [-0.2, 0) is 22.7 Å². The van der Waals surface area contributed by atoms with E-state index in [2.05, 4.69) is 44.8 Å². The first-order valence-corrected chi connectivity index (χ1v) is 10.5. The molecule has 1 N–H and O–H groups in total. The molecule has 148 valence electrons. The highest BCUT2D eigenvalue weighted by Crippen LogP contribution is 2.29. The molecular formula is C21H19IN4O3. The number of imide groups is 1. The molecule has 1 atom stereocenters. The van der Waals surface area contributed by atoms with Gasteiger partial charge in [-0.1, -0.05) is 17.9 Å². The zero-order chi connectivity index (χ0) is 20.4. The Hall–Kier alpha value is -2.67. The second-order valence-corrected chi connectivity index (χ2v) is 8.30. The first-order chi connectivity index (χ1) is 14.0. The van der Waals surface area contributed by atoms with E-state index in [1.54, 1.807) is 11.0 Å². The number of unbranched alkanes of at least 4 members (excludes halogenated alkanes) is 1. The van der Waals surface area contributed by atoms with E-state index in [1.807, 2.05) is 29.2 Å². The van der Waals surface area contributed by atoms with Crippen molar-refractivity contribution in [3.05, 3.63) is 50.9 Å². The summed E-state index contributed by atoms with van der Waals surface area (Å²) in [6.45, 7) is 1.16. The van der Waals surface area contributed by atoms with Gasteiger partial charge < -0.3 is 4.90 Å². The summed E-state index contributed by atoms with van der Waals surface area (Å²) in [4.78, 5) is 37.9. The number of hydrogen-bond acceptors (Lipinski definition) is 4. The van der Waals surface area contributed by atoms with Crippen molar-refractivity contribution in [1.82, 2.24) is 20.0 Å². The molecule has 7 nitrogen and oxygen atoms in total. The van der Waals surface area contributed by atoms with E-state index >= 15 is 0 Å². The van der Waals surface area contributed by atoms with Crippen LogP contribution in [0.4, 0.5) is 0 Å². The fraction of sp³-hybridized carbons (Fsp3) is 0.333. The molecule has 3 heterocycles. The topological polar surface area (TPSA) is 84.3 Å². The minimum Gasteiger partial charge on any atom is -0.322 e. The standard InChI is InChI=1S/C21H19IN4O3/c22-15-11-23-25(12-15)10-3-1-2-5-14-6-4-7-16-17(14)13-26(21(16)29)18-8-9-19(27)24-20(18)28/h4,6-7,11-12,18H,1,3,8-10,13H2,(H,24,27,28). The van der Waals surface area contributed by atoms with Crippen LogP contribution in [0.15, 0.2) is 30.6 Å². The summed E-state index contributed by atoms with van der Waals surface area (Å²) in [6.07, 6.45) is 6.04. The van der Waals surface area contributed by atoms with Crippen LogP contribution in [0.3, 0.4) is 0 Å². The van der Waals surface area contributed by atoms with E-state index in [0.29, 0.717) is 18.5 Å². The first kappa shape index (κ1) is 19.6. The Morgan fingerprint density at radius 3 is 2.90 bits per heavy atom. The smallest absolute Gasteiger partial charge is 0.255 e. The van der Waals surface area contributed by atoms with Crippen molar-refractivity contribution in [2.75, 3.05) is 0 Å². The summed E-state index contributed by atoms with van der Waals surface area (Å²) in [5.41, 5.74) is 2.27. The maximum Gasteiger partial charge on any atom is 0.255 e. The van der Waals surface area contributed by atoms with Gasteiger partial charge in [-0.25, -0.2) is 0 Å². The molecule has 2 aliphatic heterocycles. The van der Waals surface area contributed by atoms with E-state index in [-0.39, 0.29) is 18.2 Å². The van der Waals surface area contributed by atoms with Crippen LogP contribution >= 0.6 is 22.6 Å². The van der Waals surface area contributed by atoms with Crippen LogP contribution in [-0.4, -0.2) is 38.4 Å². The number of benzene rings is 1. The van der Waals surface area contributed by atoms with E-state index in [4.69, 9.17) is 0 Å². The van der Waals surface area contributed by atoms with Gasteiger partial charge in [-0.3, -0.25) is 24.4 Å². The van der Waals surface area contributed by atoms with Gasteiger partial charge in [0.05, 0.1) is 9.77 Å². The highest BCUT2D eigenvalue weighted by molar-refractivity contribution is 14.1. The lowest BCUT2D eigenvalue weighted by Crippen LogP contribution is -2.52. The molecule has 0 bridgehead atoms. The fourth-order valence-electron chi connectivity index (χ4n) is 3.65. The van der Waals surface area contributed by atoms with Gasteiger partial charge >= 0.3 is 0 Å². The van der Waals surface area contributed by atoms with Crippen LogP contribution in [0, 0.1) is 15.4 Å². The van der Waals surface area contributed by atoms with Crippen molar-refractivity contribution in [3.63, 3.8) is 0 Å². The van der Waals surface area contributed by atoms with Gasteiger partial charge in [0.2, 0.25) is 11.8 Å². The van der Waals surface area contributed by atoms with E-state index in [1.165, 1.54) is 0 Å². The Kier molecular flexibility index (Phi) is 5.67. The molecule has 0 saturated carbocycles. The van der Waals surface area contributed by atoms with Crippen molar-refractivity contribution in [3.8, 4) is 11.8 Å². The normalized spacial score (nSPS) is 18.3. The van der Waals surface area contributed by atoms with Gasteiger partial charge in [-0.2, -0.15) is 5.10 Å². The highest BCUT2D eigenvalue weighted by Gasteiger charge is 2.39. The number of carbonyl (C=O) groups is 3. The number of halogens is 1. The molecule has 29 heavy (non-hydrogen) atoms. The monoisotopic (exact) mass is 502 g/mol. The lowest BCUT2D eigenvalue weighted by atomic mass is 10.0. The number of rotatable bonds is 4. The Morgan fingerprint density at radius 1 is 1.28 bits per heavy atom. The second kappa shape index (κ2) is 8.37. The number of fused-ring (bicyclic) bond motifs is 1. The molecule has 2 aliphatic rings. The van der Waals surface area contributed by atoms with Crippen LogP contribution in [0.5, 0.6) is 0 Å². The van der Waals surface area contributed by atoms with Crippen LogP contribution < -0.4 is 5.32 Å². The summed E-state index contributed by atoms with van der Waals surface area (Å²) in [7, 11) is 0. The third-order valence-electron chi connectivity index (χ3n) is 5.10. The molecular weight excluding hydrogens is 483 g/mol. The summed E-state index contributed by atoms with van der Waals surface area (Å²) >= 11 is 2.23. The Bertz CT molecular complexity index is 1050. The zero-order valence-corrected chi connectivity index (χ0v) is 17.8. The van der Waals surface area contributed by atoms with E-state index in [9.17, 15) is 14.4 Å². The van der Waals surface area contributed by atoms with Crippen molar-refractivity contribution < 1.29 is 14.4 Å². The molecule has 8 heteroatoms. The average molecular weight is 502 g/mol. The minimum atomic E-state index is -0.606. The first-order valence-electron chi connectivity index (χ1n) is 9.46. The van der Waals surface area contributed by atoms with Crippen LogP contribution in [0.1, 0.15) is 47.2 Å². The number of amides is 3. The molecule has 0 spiro atoms. The minimum absolute atomic E-state index is 0.175. The quantitative estimate of drug-likeness (QED) is 0.301.